The van der Waals surface area contributed by atoms with E-state index in [9.17, 15) is 4.79 Å². The predicted molar refractivity (Wildman–Crippen MR) is 63.1 cm³/mol. The van der Waals surface area contributed by atoms with E-state index in [2.05, 4.69) is 17.0 Å². The molecule has 1 aromatic rings. The van der Waals surface area contributed by atoms with Gasteiger partial charge in [-0.3, -0.25) is 9.48 Å². The minimum Gasteiger partial charge on any atom is -0.299 e. The molecule has 16 heavy (non-hydrogen) atoms. The van der Waals surface area contributed by atoms with Crippen molar-refractivity contribution in [2.75, 3.05) is 0 Å². The first kappa shape index (κ1) is 12.9. The van der Waals surface area contributed by atoms with Crippen molar-refractivity contribution in [2.45, 2.75) is 53.0 Å². The first-order valence-electron chi connectivity index (χ1n) is 6.04. The lowest BCUT2D eigenvalue weighted by molar-refractivity contribution is -0.121. The molecule has 4 nitrogen and oxygen atoms in total. The van der Waals surface area contributed by atoms with E-state index >= 15 is 0 Å². The number of carbonyl (C=O) groups excluding carboxylic acids is 1. The predicted octanol–water partition coefficient (Wildman–Crippen LogP) is 2.24. The summed E-state index contributed by atoms with van der Waals surface area (Å²) in [6.45, 7) is 6.92. The van der Waals surface area contributed by atoms with Crippen molar-refractivity contribution in [3.63, 3.8) is 0 Å². The van der Waals surface area contributed by atoms with Crippen LogP contribution in [0.2, 0.25) is 0 Å². The van der Waals surface area contributed by atoms with Gasteiger partial charge in [0.1, 0.15) is 17.9 Å². The summed E-state index contributed by atoms with van der Waals surface area (Å²) < 4.78 is 1.93. The van der Waals surface area contributed by atoms with Crippen molar-refractivity contribution in [2.24, 2.45) is 5.92 Å². The summed E-state index contributed by atoms with van der Waals surface area (Å²) in [7, 11) is 0. The second kappa shape index (κ2) is 6.40. The lowest BCUT2D eigenvalue weighted by Crippen LogP contribution is -2.09. The molecule has 0 aliphatic rings. The second-order valence-corrected chi connectivity index (χ2v) is 4.37. The monoisotopic (exact) mass is 223 g/mol. The topological polar surface area (TPSA) is 47.8 Å². The molecule has 1 rings (SSSR count). The van der Waals surface area contributed by atoms with Crippen LogP contribution in [0.1, 0.15) is 45.9 Å². The van der Waals surface area contributed by atoms with Gasteiger partial charge >= 0.3 is 0 Å². The third kappa shape index (κ3) is 3.76. The van der Waals surface area contributed by atoms with Crippen LogP contribution >= 0.6 is 0 Å². The molecule has 0 aliphatic carbocycles. The fourth-order valence-corrected chi connectivity index (χ4v) is 1.59. The minimum absolute atomic E-state index is 0.147. The Morgan fingerprint density at radius 1 is 1.50 bits per heavy atom. The number of Topliss-reactive ketones (excluding diaryl/α,β-unsaturated/α-hetero) is 1. The first-order valence-corrected chi connectivity index (χ1v) is 6.04. The fraction of sp³-hybridized carbons (Fsp3) is 0.750. The lowest BCUT2D eigenvalue weighted by Gasteiger charge is -2.05. The van der Waals surface area contributed by atoms with Crippen molar-refractivity contribution < 1.29 is 4.79 Å². The first-order chi connectivity index (χ1) is 7.65. The number of ketones is 1. The van der Waals surface area contributed by atoms with Crippen LogP contribution in [0.25, 0.3) is 0 Å². The molecule has 0 fully saturated rings. The van der Waals surface area contributed by atoms with E-state index in [0.29, 0.717) is 12.2 Å². The van der Waals surface area contributed by atoms with Gasteiger partial charge < -0.3 is 0 Å². The summed E-state index contributed by atoms with van der Waals surface area (Å²) >= 11 is 0. The molecule has 0 radical (unpaired) electrons. The quantitative estimate of drug-likeness (QED) is 0.712. The molecule has 1 aromatic heterocycles. The zero-order valence-corrected chi connectivity index (χ0v) is 10.4. The summed E-state index contributed by atoms with van der Waals surface area (Å²) in [5.41, 5.74) is 0. The SMILES string of the molecule is CCCn1ncnc1CCCC(=O)C(C)C. The highest BCUT2D eigenvalue weighted by Crippen LogP contribution is 2.06. The van der Waals surface area contributed by atoms with Crippen LogP contribution in [0.4, 0.5) is 0 Å². The van der Waals surface area contributed by atoms with Gasteiger partial charge in [-0.15, -0.1) is 0 Å². The Kier molecular flexibility index (Phi) is 5.15. The molecule has 0 atom stereocenters. The molecule has 0 amide bonds. The van der Waals surface area contributed by atoms with Crippen LogP contribution in [-0.2, 0) is 17.8 Å². The molecule has 0 unspecified atom stereocenters. The van der Waals surface area contributed by atoms with E-state index in [0.717, 1.165) is 31.6 Å². The second-order valence-electron chi connectivity index (χ2n) is 4.37. The summed E-state index contributed by atoms with van der Waals surface area (Å²) in [6.07, 6.45) is 5.02. The number of carbonyl (C=O) groups is 1. The highest BCUT2D eigenvalue weighted by molar-refractivity contribution is 5.80. The van der Waals surface area contributed by atoms with Crippen LogP contribution in [0.3, 0.4) is 0 Å². The highest BCUT2D eigenvalue weighted by atomic mass is 16.1. The van der Waals surface area contributed by atoms with E-state index in [-0.39, 0.29) is 5.92 Å². The van der Waals surface area contributed by atoms with Gasteiger partial charge in [-0.1, -0.05) is 20.8 Å². The number of nitrogens with zero attached hydrogens (tertiary/aromatic N) is 3. The van der Waals surface area contributed by atoms with Crippen molar-refractivity contribution >= 4 is 5.78 Å². The normalized spacial score (nSPS) is 11.0. The zero-order valence-electron chi connectivity index (χ0n) is 10.4. The number of hydrogen-bond donors (Lipinski definition) is 0. The van der Waals surface area contributed by atoms with Crippen LogP contribution in [0, 0.1) is 5.92 Å². The molecular weight excluding hydrogens is 202 g/mol. The number of aryl methyl sites for hydroxylation is 2. The maximum absolute atomic E-state index is 11.4. The molecule has 4 heteroatoms. The Hall–Kier alpha value is -1.19. The van der Waals surface area contributed by atoms with Crippen molar-refractivity contribution in [1.82, 2.24) is 14.8 Å². The third-order valence-corrected chi connectivity index (χ3v) is 2.60. The summed E-state index contributed by atoms with van der Waals surface area (Å²) in [4.78, 5) is 15.7. The van der Waals surface area contributed by atoms with Crippen molar-refractivity contribution in [3.8, 4) is 0 Å². The van der Waals surface area contributed by atoms with Gasteiger partial charge in [0.25, 0.3) is 0 Å². The van der Waals surface area contributed by atoms with E-state index in [1.54, 1.807) is 6.33 Å². The lowest BCUT2D eigenvalue weighted by atomic mass is 10.0. The summed E-state index contributed by atoms with van der Waals surface area (Å²) in [5, 5.41) is 4.16. The van der Waals surface area contributed by atoms with Gasteiger partial charge in [0.05, 0.1) is 0 Å². The van der Waals surface area contributed by atoms with Gasteiger partial charge in [-0.2, -0.15) is 5.10 Å². The fourth-order valence-electron chi connectivity index (χ4n) is 1.59. The van der Waals surface area contributed by atoms with E-state index in [1.165, 1.54) is 0 Å². The molecule has 1 heterocycles. The van der Waals surface area contributed by atoms with Gasteiger partial charge in [0.15, 0.2) is 0 Å². The maximum atomic E-state index is 11.4. The van der Waals surface area contributed by atoms with Crippen LogP contribution in [0.15, 0.2) is 6.33 Å². The standard InChI is InChI=1S/C12H21N3O/c1-4-8-15-12(13-9-14-15)7-5-6-11(16)10(2)3/h9-10H,4-8H2,1-3H3. The molecular formula is C12H21N3O. The average molecular weight is 223 g/mol. The average Bonchev–Trinajstić information content (AvgIpc) is 2.66. The largest absolute Gasteiger partial charge is 0.299 e. The Bertz CT molecular complexity index is 331. The molecule has 0 saturated heterocycles. The molecule has 0 N–H and O–H groups in total. The smallest absolute Gasteiger partial charge is 0.138 e. The van der Waals surface area contributed by atoms with Crippen LogP contribution in [0.5, 0.6) is 0 Å². The number of hydrogen-bond acceptors (Lipinski definition) is 3. The Labute approximate surface area is 97.1 Å². The van der Waals surface area contributed by atoms with E-state index < -0.39 is 0 Å². The van der Waals surface area contributed by atoms with Crippen LogP contribution < -0.4 is 0 Å². The number of rotatable bonds is 7. The maximum Gasteiger partial charge on any atom is 0.138 e. The molecule has 0 aromatic carbocycles. The Morgan fingerprint density at radius 3 is 2.88 bits per heavy atom. The minimum atomic E-state index is 0.147. The Balaban J connectivity index is 2.37. The molecule has 0 bridgehead atoms. The highest BCUT2D eigenvalue weighted by Gasteiger charge is 2.08. The summed E-state index contributed by atoms with van der Waals surface area (Å²) in [6, 6.07) is 0. The van der Waals surface area contributed by atoms with Crippen molar-refractivity contribution in [3.05, 3.63) is 12.2 Å². The third-order valence-electron chi connectivity index (χ3n) is 2.60. The summed E-state index contributed by atoms with van der Waals surface area (Å²) in [5.74, 6) is 1.48. The molecule has 90 valence electrons. The van der Waals surface area contributed by atoms with Crippen molar-refractivity contribution in [1.29, 1.82) is 0 Å². The molecule has 0 saturated carbocycles. The van der Waals surface area contributed by atoms with E-state index in [1.807, 2.05) is 18.5 Å². The van der Waals surface area contributed by atoms with Gasteiger partial charge in [0.2, 0.25) is 0 Å². The van der Waals surface area contributed by atoms with Crippen LogP contribution in [-0.4, -0.2) is 20.5 Å². The van der Waals surface area contributed by atoms with Gasteiger partial charge in [0, 0.05) is 25.3 Å². The molecule has 0 aliphatic heterocycles. The molecule has 0 spiro atoms. The van der Waals surface area contributed by atoms with Gasteiger partial charge in [-0.05, 0) is 12.8 Å². The number of aromatic nitrogens is 3. The Morgan fingerprint density at radius 2 is 2.25 bits per heavy atom. The zero-order chi connectivity index (χ0) is 12.0. The van der Waals surface area contributed by atoms with Gasteiger partial charge in [-0.25, -0.2) is 4.98 Å². The van der Waals surface area contributed by atoms with E-state index in [4.69, 9.17) is 0 Å².